The molecule has 1 aromatic heterocycles. The first-order chi connectivity index (χ1) is 9.38. The highest BCUT2D eigenvalue weighted by Crippen LogP contribution is 2.28. The van der Waals surface area contributed by atoms with E-state index in [0.717, 1.165) is 11.1 Å². The summed E-state index contributed by atoms with van der Waals surface area (Å²) in [5, 5.41) is 3.28. The van der Waals surface area contributed by atoms with Gasteiger partial charge in [0.05, 0.1) is 16.8 Å². The second-order valence-corrected chi connectivity index (χ2v) is 5.29. The molecule has 1 heterocycles. The van der Waals surface area contributed by atoms with Gasteiger partial charge in [0.2, 0.25) is 0 Å². The third kappa shape index (κ3) is 3.03. The van der Waals surface area contributed by atoms with E-state index in [0.29, 0.717) is 16.5 Å². The highest BCUT2D eigenvalue weighted by Gasteiger charge is 2.15. The predicted octanol–water partition coefficient (Wildman–Crippen LogP) is 3.82. The molecule has 3 N–H and O–H groups in total. The van der Waals surface area contributed by atoms with Crippen LogP contribution in [0.2, 0.25) is 5.02 Å². The number of nitrogens with two attached hydrogens (primary N) is 1. The fourth-order valence-electron chi connectivity index (χ4n) is 1.97. The lowest BCUT2D eigenvalue weighted by atomic mass is 10.1. The van der Waals surface area contributed by atoms with E-state index in [-0.39, 0.29) is 17.7 Å². The van der Waals surface area contributed by atoms with Crippen LogP contribution >= 0.6 is 11.6 Å². The second kappa shape index (κ2) is 5.69. The van der Waals surface area contributed by atoms with Gasteiger partial charge in [0.15, 0.2) is 5.76 Å². The SMILES string of the molecule is Cc1cc(C)c(NC(=O)c2ccc(C(C)N)o2)c(Cl)c1. The average Bonchev–Trinajstić information content (AvgIpc) is 2.83. The minimum atomic E-state index is -0.342. The number of hydrogen-bond donors (Lipinski definition) is 2. The normalized spacial score (nSPS) is 12.2. The molecule has 0 bridgehead atoms. The Morgan fingerprint density at radius 3 is 2.60 bits per heavy atom. The van der Waals surface area contributed by atoms with Crippen LogP contribution in [-0.2, 0) is 0 Å². The van der Waals surface area contributed by atoms with Crippen LogP contribution in [0.3, 0.4) is 0 Å². The molecule has 0 spiro atoms. The number of aryl methyl sites for hydroxylation is 2. The maximum atomic E-state index is 12.1. The maximum Gasteiger partial charge on any atom is 0.291 e. The van der Waals surface area contributed by atoms with E-state index >= 15 is 0 Å². The summed E-state index contributed by atoms with van der Waals surface area (Å²) in [5.41, 5.74) is 8.25. The topological polar surface area (TPSA) is 68.3 Å². The summed E-state index contributed by atoms with van der Waals surface area (Å²) in [6.07, 6.45) is 0. The Hall–Kier alpha value is -1.78. The number of anilines is 1. The van der Waals surface area contributed by atoms with Crippen LogP contribution in [0.5, 0.6) is 0 Å². The van der Waals surface area contributed by atoms with Crippen LogP contribution in [0.15, 0.2) is 28.7 Å². The molecule has 1 unspecified atom stereocenters. The number of amides is 1. The molecular weight excluding hydrogens is 276 g/mol. The molecule has 1 aromatic carbocycles. The van der Waals surface area contributed by atoms with E-state index in [1.165, 1.54) is 0 Å². The Balaban J connectivity index is 2.23. The molecule has 20 heavy (non-hydrogen) atoms. The van der Waals surface area contributed by atoms with E-state index < -0.39 is 0 Å². The largest absolute Gasteiger partial charge is 0.454 e. The van der Waals surface area contributed by atoms with Gasteiger partial charge in [0, 0.05) is 0 Å². The highest BCUT2D eigenvalue weighted by molar-refractivity contribution is 6.34. The molecule has 0 radical (unpaired) electrons. The van der Waals surface area contributed by atoms with Gasteiger partial charge in [0.1, 0.15) is 5.76 Å². The number of carbonyl (C=O) groups is 1. The van der Waals surface area contributed by atoms with Gasteiger partial charge in [-0.15, -0.1) is 0 Å². The van der Waals surface area contributed by atoms with Gasteiger partial charge < -0.3 is 15.5 Å². The molecular formula is C15H17ClN2O2. The summed E-state index contributed by atoms with van der Waals surface area (Å²) in [7, 11) is 0. The van der Waals surface area contributed by atoms with Crippen molar-refractivity contribution in [3.63, 3.8) is 0 Å². The molecule has 5 heteroatoms. The minimum Gasteiger partial charge on any atom is -0.454 e. The van der Waals surface area contributed by atoms with Crippen molar-refractivity contribution in [1.82, 2.24) is 0 Å². The van der Waals surface area contributed by atoms with Crippen LogP contribution in [-0.4, -0.2) is 5.91 Å². The smallest absolute Gasteiger partial charge is 0.291 e. The zero-order valence-electron chi connectivity index (χ0n) is 11.7. The van der Waals surface area contributed by atoms with E-state index in [9.17, 15) is 4.79 Å². The molecule has 0 aliphatic heterocycles. The molecule has 0 saturated carbocycles. The molecule has 2 aromatic rings. The molecule has 4 nitrogen and oxygen atoms in total. The Bertz CT molecular complexity index is 624. The van der Waals surface area contributed by atoms with Crippen molar-refractivity contribution in [2.24, 2.45) is 5.73 Å². The van der Waals surface area contributed by atoms with Crippen molar-refractivity contribution < 1.29 is 9.21 Å². The lowest BCUT2D eigenvalue weighted by Crippen LogP contribution is -2.12. The number of nitrogens with one attached hydrogen (secondary N) is 1. The van der Waals surface area contributed by atoms with E-state index in [4.69, 9.17) is 21.8 Å². The quantitative estimate of drug-likeness (QED) is 0.903. The molecule has 106 valence electrons. The Morgan fingerprint density at radius 1 is 1.35 bits per heavy atom. The number of carbonyl (C=O) groups excluding carboxylic acids is 1. The van der Waals surface area contributed by atoms with Crippen molar-refractivity contribution in [3.8, 4) is 0 Å². The fourth-order valence-corrected chi connectivity index (χ4v) is 2.34. The molecule has 0 aliphatic carbocycles. The molecule has 0 saturated heterocycles. The van der Waals surface area contributed by atoms with Gasteiger partial charge >= 0.3 is 0 Å². The molecule has 2 rings (SSSR count). The first kappa shape index (κ1) is 14.6. The summed E-state index contributed by atoms with van der Waals surface area (Å²) in [6, 6.07) is 6.81. The lowest BCUT2D eigenvalue weighted by molar-refractivity contribution is 0.0994. The number of furan rings is 1. The maximum absolute atomic E-state index is 12.1. The predicted molar refractivity (Wildman–Crippen MR) is 80.2 cm³/mol. The van der Waals surface area contributed by atoms with E-state index in [2.05, 4.69) is 5.32 Å². The van der Waals surface area contributed by atoms with Crippen LogP contribution < -0.4 is 11.1 Å². The van der Waals surface area contributed by atoms with Crippen LogP contribution in [0.4, 0.5) is 5.69 Å². The van der Waals surface area contributed by atoms with Gasteiger partial charge in [-0.2, -0.15) is 0 Å². The molecule has 1 amide bonds. The summed E-state index contributed by atoms with van der Waals surface area (Å²) in [5.74, 6) is 0.445. The van der Waals surface area contributed by atoms with Gasteiger partial charge in [0.25, 0.3) is 5.91 Å². The minimum absolute atomic E-state index is 0.216. The van der Waals surface area contributed by atoms with Crippen molar-refractivity contribution in [1.29, 1.82) is 0 Å². The highest BCUT2D eigenvalue weighted by atomic mass is 35.5. The van der Waals surface area contributed by atoms with Gasteiger partial charge in [-0.3, -0.25) is 4.79 Å². The van der Waals surface area contributed by atoms with E-state index in [1.54, 1.807) is 25.1 Å². The van der Waals surface area contributed by atoms with Gasteiger partial charge in [-0.25, -0.2) is 0 Å². The number of benzene rings is 1. The zero-order valence-corrected chi connectivity index (χ0v) is 12.4. The van der Waals surface area contributed by atoms with Crippen LogP contribution in [0.25, 0.3) is 0 Å². The van der Waals surface area contributed by atoms with Gasteiger partial charge in [-0.05, 0) is 50.1 Å². The Kier molecular flexibility index (Phi) is 4.16. The third-order valence-corrected chi connectivity index (χ3v) is 3.27. The van der Waals surface area contributed by atoms with Crippen molar-refractivity contribution in [3.05, 3.63) is 51.9 Å². The first-order valence-corrected chi connectivity index (χ1v) is 6.69. The van der Waals surface area contributed by atoms with Crippen molar-refractivity contribution in [2.75, 3.05) is 5.32 Å². The van der Waals surface area contributed by atoms with Gasteiger partial charge in [-0.1, -0.05) is 17.7 Å². The first-order valence-electron chi connectivity index (χ1n) is 6.32. The molecule has 0 aliphatic rings. The Morgan fingerprint density at radius 2 is 2.05 bits per heavy atom. The second-order valence-electron chi connectivity index (χ2n) is 4.88. The van der Waals surface area contributed by atoms with Crippen LogP contribution in [0.1, 0.15) is 40.4 Å². The number of halogens is 1. The van der Waals surface area contributed by atoms with Crippen molar-refractivity contribution in [2.45, 2.75) is 26.8 Å². The van der Waals surface area contributed by atoms with Crippen LogP contribution in [0, 0.1) is 13.8 Å². The molecule has 1 atom stereocenters. The third-order valence-electron chi connectivity index (χ3n) is 2.97. The number of hydrogen-bond acceptors (Lipinski definition) is 3. The summed E-state index contributed by atoms with van der Waals surface area (Å²) >= 11 is 6.16. The molecule has 0 fully saturated rings. The fraction of sp³-hybridized carbons (Fsp3) is 0.267. The summed E-state index contributed by atoms with van der Waals surface area (Å²) in [4.78, 5) is 12.1. The monoisotopic (exact) mass is 292 g/mol. The van der Waals surface area contributed by atoms with Crippen molar-refractivity contribution >= 4 is 23.2 Å². The summed E-state index contributed by atoms with van der Waals surface area (Å²) in [6.45, 7) is 5.64. The number of rotatable bonds is 3. The lowest BCUT2D eigenvalue weighted by Gasteiger charge is -2.10. The standard InChI is InChI=1S/C15H17ClN2O2/c1-8-6-9(2)14(11(16)7-8)18-15(19)13-5-4-12(20-13)10(3)17/h4-7,10H,17H2,1-3H3,(H,18,19). The Labute approximate surface area is 122 Å². The average molecular weight is 293 g/mol. The summed E-state index contributed by atoms with van der Waals surface area (Å²) < 4.78 is 5.40. The van der Waals surface area contributed by atoms with E-state index in [1.807, 2.05) is 19.9 Å². The zero-order chi connectivity index (χ0) is 14.9.